The van der Waals surface area contributed by atoms with Gasteiger partial charge in [0.05, 0.1) is 6.54 Å². The molecule has 0 atom stereocenters. The highest BCUT2D eigenvalue weighted by molar-refractivity contribution is 7.87. The van der Waals surface area contributed by atoms with Crippen molar-refractivity contribution in [2.75, 3.05) is 13.1 Å². The molecular weight excluding hydrogens is 247 g/mol. The molecule has 0 aliphatic carbocycles. The summed E-state index contributed by atoms with van der Waals surface area (Å²) in [4.78, 5) is 11.5. The van der Waals surface area contributed by atoms with Crippen LogP contribution in [0.5, 0.6) is 0 Å². The molecule has 0 bridgehead atoms. The molecule has 0 saturated heterocycles. The van der Waals surface area contributed by atoms with Crippen LogP contribution < -0.4 is 9.44 Å². The second kappa shape index (κ2) is 5.85. The Morgan fingerprint density at radius 1 is 1.24 bits per heavy atom. The molecule has 2 N–H and O–H groups in total. The molecule has 0 fully saturated rings. The average molecular weight is 260 g/mol. The molecule has 7 heteroatoms. The van der Waals surface area contributed by atoms with Gasteiger partial charge in [0, 0.05) is 12.1 Å². The van der Waals surface area contributed by atoms with Crippen LogP contribution in [0.4, 0.5) is 4.39 Å². The van der Waals surface area contributed by atoms with Crippen LogP contribution >= 0.6 is 0 Å². The van der Waals surface area contributed by atoms with Gasteiger partial charge < -0.3 is 0 Å². The molecule has 1 aromatic carbocycles. The largest absolute Gasteiger partial charge is 0.293 e. The number of halogens is 1. The Labute approximate surface area is 99.2 Å². The quantitative estimate of drug-likeness (QED) is 0.729. The van der Waals surface area contributed by atoms with Gasteiger partial charge in [0.25, 0.3) is 10.2 Å². The molecule has 0 amide bonds. The fourth-order valence-electron chi connectivity index (χ4n) is 1.14. The maximum atomic E-state index is 12.6. The number of carbonyl (C=O) groups is 1. The number of carbonyl (C=O) groups excluding carboxylic acids is 1. The Kier molecular flexibility index (Phi) is 4.73. The summed E-state index contributed by atoms with van der Waals surface area (Å²) in [5.74, 6) is -0.874. The molecule has 0 unspecified atom stereocenters. The highest BCUT2D eigenvalue weighted by Gasteiger charge is 2.11. The molecule has 17 heavy (non-hydrogen) atoms. The van der Waals surface area contributed by atoms with Crippen molar-refractivity contribution < 1.29 is 17.6 Å². The van der Waals surface area contributed by atoms with E-state index in [2.05, 4.69) is 9.44 Å². The molecule has 0 spiro atoms. The SMILES string of the molecule is CCNS(=O)(=O)NCC(=O)c1ccc(F)cc1. The zero-order chi connectivity index (χ0) is 12.9. The highest BCUT2D eigenvalue weighted by atomic mass is 32.2. The summed E-state index contributed by atoms with van der Waals surface area (Å²) in [5, 5.41) is 0. The van der Waals surface area contributed by atoms with Gasteiger partial charge >= 0.3 is 0 Å². The lowest BCUT2D eigenvalue weighted by atomic mass is 10.1. The minimum atomic E-state index is -3.64. The number of hydrogen-bond acceptors (Lipinski definition) is 3. The Hall–Kier alpha value is -1.31. The van der Waals surface area contributed by atoms with Crippen LogP contribution in [0.25, 0.3) is 0 Å². The third-order valence-electron chi connectivity index (χ3n) is 1.92. The van der Waals surface area contributed by atoms with Crippen molar-refractivity contribution in [2.45, 2.75) is 6.92 Å². The van der Waals surface area contributed by atoms with Crippen LogP contribution in [0.2, 0.25) is 0 Å². The monoisotopic (exact) mass is 260 g/mol. The van der Waals surface area contributed by atoms with Gasteiger partial charge in [-0.25, -0.2) is 9.11 Å². The fourth-order valence-corrected chi connectivity index (χ4v) is 1.94. The smallest absolute Gasteiger partial charge is 0.277 e. The minimum absolute atomic E-state index is 0.236. The maximum Gasteiger partial charge on any atom is 0.277 e. The average Bonchev–Trinajstić information content (AvgIpc) is 2.27. The fraction of sp³-hybridized carbons (Fsp3) is 0.300. The topological polar surface area (TPSA) is 75.3 Å². The van der Waals surface area contributed by atoms with Crippen molar-refractivity contribution in [1.82, 2.24) is 9.44 Å². The molecule has 1 aromatic rings. The Balaban J connectivity index is 2.59. The number of nitrogens with one attached hydrogen (secondary N) is 2. The van der Waals surface area contributed by atoms with E-state index in [-0.39, 0.29) is 18.7 Å². The Morgan fingerprint density at radius 3 is 2.35 bits per heavy atom. The number of benzene rings is 1. The van der Waals surface area contributed by atoms with Crippen molar-refractivity contribution >= 4 is 16.0 Å². The molecule has 0 saturated carbocycles. The van der Waals surface area contributed by atoms with Gasteiger partial charge in [0.2, 0.25) is 0 Å². The molecule has 0 aliphatic heterocycles. The normalized spacial score (nSPS) is 11.4. The Bertz CT molecular complexity index is 485. The van der Waals surface area contributed by atoms with E-state index in [1.807, 2.05) is 0 Å². The van der Waals surface area contributed by atoms with E-state index in [9.17, 15) is 17.6 Å². The third-order valence-corrected chi connectivity index (χ3v) is 3.12. The first-order valence-electron chi connectivity index (χ1n) is 4.97. The van der Waals surface area contributed by atoms with E-state index in [0.717, 1.165) is 12.1 Å². The summed E-state index contributed by atoms with van der Waals surface area (Å²) in [6, 6.07) is 4.90. The first-order chi connectivity index (χ1) is 7.94. The maximum absolute atomic E-state index is 12.6. The van der Waals surface area contributed by atoms with Crippen molar-refractivity contribution in [3.8, 4) is 0 Å². The molecule has 94 valence electrons. The van der Waals surface area contributed by atoms with Gasteiger partial charge in [0.1, 0.15) is 5.82 Å². The number of ketones is 1. The summed E-state index contributed by atoms with van der Waals surface area (Å²) >= 11 is 0. The summed E-state index contributed by atoms with van der Waals surface area (Å²) in [6.45, 7) is 1.50. The van der Waals surface area contributed by atoms with Crippen LogP contribution in [-0.4, -0.2) is 27.3 Å². The first-order valence-corrected chi connectivity index (χ1v) is 6.46. The van der Waals surface area contributed by atoms with Crippen molar-refractivity contribution in [2.24, 2.45) is 0 Å². The molecule has 0 heterocycles. The number of hydrogen-bond donors (Lipinski definition) is 2. The summed E-state index contributed by atoms with van der Waals surface area (Å²) in [7, 11) is -3.64. The predicted molar refractivity (Wildman–Crippen MR) is 61.3 cm³/mol. The van der Waals surface area contributed by atoms with E-state index in [1.54, 1.807) is 6.92 Å². The van der Waals surface area contributed by atoms with Gasteiger partial charge in [-0.05, 0) is 24.3 Å². The van der Waals surface area contributed by atoms with Crippen LogP contribution in [0.15, 0.2) is 24.3 Å². The zero-order valence-corrected chi connectivity index (χ0v) is 10.1. The second-order valence-electron chi connectivity index (χ2n) is 3.25. The van der Waals surface area contributed by atoms with Crippen molar-refractivity contribution in [1.29, 1.82) is 0 Å². The van der Waals surface area contributed by atoms with E-state index < -0.39 is 21.8 Å². The lowest BCUT2D eigenvalue weighted by Crippen LogP contribution is -2.39. The molecule has 1 rings (SSSR count). The summed E-state index contributed by atoms with van der Waals surface area (Å²) < 4.78 is 39.2. The summed E-state index contributed by atoms with van der Waals surface area (Å²) in [6.07, 6.45) is 0. The van der Waals surface area contributed by atoms with Crippen LogP contribution in [0.1, 0.15) is 17.3 Å². The van der Waals surface area contributed by atoms with Crippen molar-refractivity contribution in [3.63, 3.8) is 0 Å². The lowest BCUT2D eigenvalue weighted by molar-refractivity contribution is 0.0997. The van der Waals surface area contributed by atoms with E-state index in [1.165, 1.54) is 12.1 Å². The van der Waals surface area contributed by atoms with Gasteiger partial charge in [-0.2, -0.15) is 13.1 Å². The van der Waals surface area contributed by atoms with Gasteiger partial charge in [-0.15, -0.1) is 0 Å². The standard InChI is InChI=1S/C10H13FN2O3S/c1-2-12-17(15,16)13-7-10(14)8-3-5-9(11)6-4-8/h3-6,12-13H,2,7H2,1H3. The number of Topliss-reactive ketones (excluding diaryl/α,β-unsaturated/α-hetero) is 1. The molecule has 0 radical (unpaired) electrons. The second-order valence-corrected chi connectivity index (χ2v) is 4.84. The van der Waals surface area contributed by atoms with Gasteiger partial charge in [-0.3, -0.25) is 4.79 Å². The number of rotatable bonds is 6. The molecule has 5 nitrogen and oxygen atoms in total. The van der Waals surface area contributed by atoms with Crippen LogP contribution in [-0.2, 0) is 10.2 Å². The van der Waals surface area contributed by atoms with E-state index >= 15 is 0 Å². The van der Waals surface area contributed by atoms with Gasteiger partial charge in [0.15, 0.2) is 5.78 Å². The van der Waals surface area contributed by atoms with Crippen LogP contribution in [0, 0.1) is 5.82 Å². The predicted octanol–water partition coefficient (Wildman–Crippen LogP) is 0.452. The summed E-state index contributed by atoms with van der Waals surface area (Å²) in [5.41, 5.74) is 0.255. The minimum Gasteiger partial charge on any atom is -0.293 e. The zero-order valence-electron chi connectivity index (χ0n) is 9.23. The molecule has 0 aliphatic rings. The van der Waals surface area contributed by atoms with E-state index in [0.29, 0.717) is 0 Å². The first kappa shape index (κ1) is 13.8. The lowest BCUT2D eigenvalue weighted by Gasteiger charge is -2.05. The van der Waals surface area contributed by atoms with Gasteiger partial charge in [-0.1, -0.05) is 6.92 Å². The molecule has 0 aromatic heterocycles. The molecular formula is C10H13FN2O3S. The van der Waals surface area contributed by atoms with E-state index in [4.69, 9.17) is 0 Å². The highest BCUT2D eigenvalue weighted by Crippen LogP contribution is 2.03. The van der Waals surface area contributed by atoms with Crippen molar-refractivity contribution in [3.05, 3.63) is 35.6 Å². The Morgan fingerprint density at radius 2 is 1.82 bits per heavy atom. The third kappa shape index (κ3) is 4.59. The van der Waals surface area contributed by atoms with Crippen LogP contribution in [0.3, 0.4) is 0 Å².